The van der Waals surface area contributed by atoms with Crippen molar-refractivity contribution < 1.29 is 37.6 Å². The first-order chi connectivity index (χ1) is 32.9. The van der Waals surface area contributed by atoms with Crippen LogP contribution in [0.4, 0.5) is 8.90 Å². The van der Waals surface area contributed by atoms with E-state index in [4.69, 9.17) is 9.47 Å². The van der Waals surface area contributed by atoms with Crippen molar-refractivity contribution in [2.24, 2.45) is 0 Å². The van der Waals surface area contributed by atoms with E-state index in [2.05, 4.69) is 32.3 Å². The van der Waals surface area contributed by atoms with Gasteiger partial charge in [0.25, 0.3) is 20.2 Å². The number of benzene rings is 4. The number of alkyl carbamates (subject to hydrolysis) is 1. The van der Waals surface area contributed by atoms with Crippen LogP contribution in [0.5, 0.6) is 5.75 Å². The smallest absolute Gasteiger partial charge is 0.407 e. The summed E-state index contributed by atoms with van der Waals surface area (Å²) in [7, 11) is -3.57. The average Bonchev–Trinajstić information content (AvgIpc) is 3.95. The topological polar surface area (TPSA) is 192 Å². The number of nitrogens with one attached hydrogen (secondary N) is 4. The molecular formula is C53H60FN7O7Si. The molecule has 0 saturated carbocycles. The molecule has 5 amide bonds. The van der Waals surface area contributed by atoms with Crippen LogP contribution in [0, 0.1) is 11.3 Å². The monoisotopic (exact) mass is 953 g/mol. The molecule has 2 aliphatic rings. The third kappa shape index (κ3) is 10.9. The quantitative estimate of drug-likeness (QED) is 0.0443. The van der Waals surface area contributed by atoms with E-state index in [0.717, 1.165) is 28.7 Å². The fourth-order valence-electron chi connectivity index (χ4n) is 9.69. The highest BCUT2D eigenvalue weighted by Crippen LogP contribution is 2.51. The number of amides is 5. The van der Waals surface area contributed by atoms with Crippen LogP contribution in [0.2, 0.25) is 10.1 Å². The maximum absolute atomic E-state index is 17.0. The predicted octanol–water partition coefficient (Wildman–Crippen LogP) is 7.42. The Morgan fingerprint density at radius 2 is 1.52 bits per heavy atom. The van der Waals surface area contributed by atoms with E-state index in [1.807, 2.05) is 90.1 Å². The number of rotatable bonds is 16. The standard InChI is InChI=1S/C53H60FN7O7Si/c1-52(2,3)69(54,53(4,5)6)37-21-18-34(19-22-37)48(63)58-31-46(60-51(66)68-33-44-40-16-9-7-14-38(40)39-15-8-10-17-41(39)44)50(65)57-25-12-28-67-36-20-23-45-43(29-36)42(24-26-56-45)49(64)59-32-47(62)61-27-11-13-35(61)30-55/h7-10,14-24,26,29,35,44,46H,11-13,25,27-28,31-33H2,1-6H3,(H,57,65)(H,58,63)(H,59,64)(H,60,66)/t35-,46+/m0/s1. The largest absolute Gasteiger partial charge is 0.494 e. The molecule has 69 heavy (non-hydrogen) atoms. The van der Waals surface area contributed by atoms with Crippen LogP contribution < -0.4 is 31.2 Å². The van der Waals surface area contributed by atoms with Crippen LogP contribution in [0.25, 0.3) is 22.0 Å². The predicted molar refractivity (Wildman–Crippen MR) is 264 cm³/mol. The van der Waals surface area contributed by atoms with Gasteiger partial charge in [0.15, 0.2) is 0 Å². The summed E-state index contributed by atoms with van der Waals surface area (Å²) in [4.78, 5) is 72.6. The molecule has 0 radical (unpaired) electrons. The Morgan fingerprint density at radius 1 is 0.855 bits per heavy atom. The van der Waals surface area contributed by atoms with Gasteiger partial charge in [-0.05, 0) is 93.2 Å². The number of hydrogen-bond donors (Lipinski definition) is 4. The number of nitriles is 1. The van der Waals surface area contributed by atoms with Crippen LogP contribution in [0.1, 0.15) is 98.6 Å². The lowest BCUT2D eigenvalue weighted by Crippen LogP contribution is -2.57. The second kappa shape index (κ2) is 21.0. The highest BCUT2D eigenvalue weighted by atomic mass is 28.4. The summed E-state index contributed by atoms with van der Waals surface area (Å²) >= 11 is 0. The summed E-state index contributed by atoms with van der Waals surface area (Å²) in [5.41, 5.74) is 5.31. The number of likely N-dealkylation sites (tertiary alicyclic amines) is 1. The van der Waals surface area contributed by atoms with Gasteiger partial charge >= 0.3 is 6.09 Å². The van der Waals surface area contributed by atoms with Crippen molar-refractivity contribution in [3.8, 4) is 22.9 Å². The van der Waals surface area contributed by atoms with Gasteiger partial charge in [-0.1, -0.05) is 102 Å². The molecule has 4 aromatic carbocycles. The number of halogens is 1. The Balaban J connectivity index is 0.972. The Labute approximate surface area is 403 Å². The molecule has 2 atom stereocenters. The number of nitrogens with zero attached hydrogens (tertiary/aromatic N) is 3. The molecule has 360 valence electrons. The number of carbonyl (C=O) groups is 5. The molecule has 0 spiro atoms. The van der Waals surface area contributed by atoms with Crippen molar-refractivity contribution in [2.45, 2.75) is 88.9 Å². The Morgan fingerprint density at radius 3 is 2.17 bits per heavy atom. The Kier molecular flexibility index (Phi) is 15.2. The summed E-state index contributed by atoms with van der Waals surface area (Å²) in [6.45, 7) is 11.7. The molecule has 7 rings (SSSR count). The zero-order chi connectivity index (χ0) is 49.5. The van der Waals surface area contributed by atoms with E-state index in [1.165, 1.54) is 11.1 Å². The van der Waals surface area contributed by atoms with Crippen molar-refractivity contribution in [3.63, 3.8) is 0 Å². The van der Waals surface area contributed by atoms with Crippen LogP contribution in [-0.2, 0) is 14.3 Å². The summed E-state index contributed by atoms with van der Waals surface area (Å²) < 4.78 is 28.7. The number of aromatic nitrogens is 1. The van der Waals surface area contributed by atoms with Crippen LogP contribution in [0.15, 0.2) is 103 Å². The molecule has 1 aromatic heterocycles. The van der Waals surface area contributed by atoms with Gasteiger partial charge in [0.05, 0.1) is 30.3 Å². The van der Waals surface area contributed by atoms with Gasteiger partial charge in [0, 0.05) is 42.7 Å². The molecule has 1 aliphatic heterocycles. The summed E-state index contributed by atoms with van der Waals surface area (Å²) in [6, 6.07) is 29.5. The van der Waals surface area contributed by atoms with Gasteiger partial charge in [0.2, 0.25) is 11.8 Å². The highest BCUT2D eigenvalue weighted by molar-refractivity contribution is 6.90. The zero-order valence-electron chi connectivity index (χ0n) is 40.0. The van der Waals surface area contributed by atoms with Crippen molar-refractivity contribution in [1.82, 2.24) is 31.2 Å². The van der Waals surface area contributed by atoms with E-state index < -0.39 is 54.4 Å². The molecule has 0 bridgehead atoms. The van der Waals surface area contributed by atoms with E-state index in [9.17, 15) is 29.2 Å². The third-order valence-electron chi connectivity index (χ3n) is 13.0. The molecule has 2 heterocycles. The summed E-state index contributed by atoms with van der Waals surface area (Å²) in [5, 5.41) is 20.2. The molecule has 1 fully saturated rings. The van der Waals surface area contributed by atoms with Gasteiger partial charge in [-0.15, -0.1) is 0 Å². The number of ether oxygens (including phenoxy) is 2. The zero-order valence-corrected chi connectivity index (χ0v) is 41.0. The third-order valence-corrected chi connectivity index (χ3v) is 18.3. The minimum atomic E-state index is -3.57. The normalized spacial score (nSPS) is 15.0. The van der Waals surface area contributed by atoms with Crippen molar-refractivity contribution in [1.29, 1.82) is 5.26 Å². The molecule has 0 unspecified atom stereocenters. The first-order valence-electron chi connectivity index (χ1n) is 23.4. The lowest BCUT2D eigenvalue weighted by Gasteiger charge is -2.44. The van der Waals surface area contributed by atoms with E-state index >= 15 is 4.11 Å². The fraction of sp³-hybridized carbons (Fsp3) is 0.377. The minimum absolute atomic E-state index is 0.0197. The van der Waals surface area contributed by atoms with Crippen LogP contribution in [0.3, 0.4) is 0 Å². The number of pyridine rings is 1. The van der Waals surface area contributed by atoms with E-state index in [-0.39, 0.29) is 50.2 Å². The van der Waals surface area contributed by atoms with Gasteiger partial charge in [-0.25, -0.2) is 4.79 Å². The first-order valence-corrected chi connectivity index (χ1v) is 25.2. The van der Waals surface area contributed by atoms with Crippen molar-refractivity contribution in [3.05, 3.63) is 126 Å². The molecule has 16 heteroatoms. The van der Waals surface area contributed by atoms with Gasteiger partial charge in [-0.2, -0.15) is 5.26 Å². The second-order valence-corrected chi connectivity index (χ2v) is 24.5. The van der Waals surface area contributed by atoms with Gasteiger partial charge in [-0.3, -0.25) is 24.2 Å². The maximum atomic E-state index is 17.0. The molecular weight excluding hydrogens is 894 g/mol. The molecule has 4 N–H and O–H groups in total. The molecule has 14 nitrogen and oxygen atoms in total. The SMILES string of the molecule is CC(C)(C)[Si](F)(c1ccc(C(=O)NC[C@@H](NC(=O)OCC2c3ccccc3-c3ccccc32)C(=O)NCCCOc2ccc3nccc(C(=O)NCC(=O)N4CCC[C@H]4C#N)c3c2)cc1)C(C)(C)C. The van der Waals surface area contributed by atoms with E-state index in [1.54, 1.807) is 48.5 Å². The average molecular weight is 954 g/mol. The maximum Gasteiger partial charge on any atom is 0.407 e. The van der Waals surface area contributed by atoms with Gasteiger partial charge < -0.3 is 39.7 Å². The van der Waals surface area contributed by atoms with Crippen molar-refractivity contribution in [2.75, 3.05) is 39.4 Å². The molecule has 1 aliphatic carbocycles. The highest BCUT2D eigenvalue weighted by Gasteiger charge is 2.56. The van der Waals surface area contributed by atoms with Gasteiger partial charge in [0.1, 0.15) is 24.4 Å². The number of fused-ring (bicyclic) bond motifs is 4. The lowest BCUT2D eigenvalue weighted by atomic mass is 9.98. The Bertz CT molecular complexity index is 2710. The summed E-state index contributed by atoms with van der Waals surface area (Å²) in [6.07, 6.45) is 2.37. The number of hydrogen-bond acceptors (Lipinski definition) is 9. The minimum Gasteiger partial charge on any atom is -0.494 e. The van der Waals surface area contributed by atoms with Crippen LogP contribution >= 0.6 is 0 Å². The van der Waals surface area contributed by atoms with Crippen LogP contribution in [-0.4, -0.2) is 99.5 Å². The molecule has 1 saturated heterocycles. The Hall–Kier alpha value is -7.12. The second-order valence-electron chi connectivity index (χ2n) is 19.6. The van der Waals surface area contributed by atoms with Crippen molar-refractivity contribution >= 4 is 54.2 Å². The lowest BCUT2D eigenvalue weighted by molar-refractivity contribution is -0.130. The fourth-order valence-corrected chi connectivity index (χ4v) is 14.3. The first kappa shape index (κ1) is 49.8. The number of carbonyl (C=O) groups excluding carboxylic acids is 5. The molecule has 5 aromatic rings. The van der Waals surface area contributed by atoms with E-state index in [0.29, 0.717) is 46.8 Å². The summed E-state index contributed by atoms with van der Waals surface area (Å²) in [5.74, 6) is -1.63.